The summed E-state index contributed by atoms with van der Waals surface area (Å²) in [6, 6.07) is 8.10. The Morgan fingerprint density at radius 1 is 1.42 bits per heavy atom. The van der Waals surface area contributed by atoms with Crippen molar-refractivity contribution >= 4 is 11.8 Å². The second-order valence-corrected chi connectivity index (χ2v) is 4.87. The Morgan fingerprint density at radius 3 is 2.68 bits per heavy atom. The van der Waals surface area contributed by atoms with Crippen molar-refractivity contribution < 1.29 is 9.53 Å². The third-order valence-electron chi connectivity index (χ3n) is 3.28. The summed E-state index contributed by atoms with van der Waals surface area (Å²) in [4.78, 5) is 13.8. The highest BCUT2D eigenvalue weighted by atomic mass is 16.5. The summed E-state index contributed by atoms with van der Waals surface area (Å²) in [7, 11) is 2.06. The molecule has 1 aromatic carbocycles. The highest BCUT2D eigenvalue weighted by molar-refractivity contribution is 5.84. The second-order valence-electron chi connectivity index (χ2n) is 4.87. The molecule has 0 bridgehead atoms. The normalized spacial score (nSPS) is 14.5. The molecule has 104 valence electrons. The number of anilines is 1. The van der Waals surface area contributed by atoms with Crippen molar-refractivity contribution in [2.45, 2.75) is 25.4 Å². The lowest BCUT2D eigenvalue weighted by molar-refractivity contribution is 0.144. The lowest BCUT2D eigenvalue weighted by Crippen LogP contribution is -2.27. The molecule has 1 aliphatic rings. The Kier molecular flexibility index (Phi) is 4.76. The van der Waals surface area contributed by atoms with Gasteiger partial charge in [-0.25, -0.2) is 4.79 Å². The zero-order valence-electron chi connectivity index (χ0n) is 11.3. The average Bonchev–Trinajstić information content (AvgIpc) is 3.24. The van der Waals surface area contributed by atoms with Crippen molar-refractivity contribution in [1.82, 2.24) is 4.90 Å². The van der Waals surface area contributed by atoms with Crippen molar-refractivity contribution in [2.75, 3.05) is 25.5 Å². The predicted octanol–water partition coefficient (Wildman–Crippen LogP) is 1.79. The lowest BCUT2D eigenvalue weighted by Gasteiger charge is -2.15. The summed E-state index contributed by atoms with van der Waals surface area (Å²) in [5, 5.41) is 2.69. The molecule has 0 spiro atoms. The smallest absolute Gasteiger partial charge is 0.411 e. The maximum atomic E-state index is 11.6. The molecule has 2 rings (SSSR count). The van der Waals surface area contributed by atoms with Crippen LogP contribution in [0.5, 0.6) is 0 Å². The van der Waals surface area contributed by atoms with E-state index in [1.54, 1.807) is 0 Å². The molecule has 1 fully saturated rings. The minimum absolute atomic E-state index is 0.412. The minimum Gasteiger partial charge on any atom is -0.448 e. The van der Waals surface area contributed by atoms with Gasteiger partial charge >= 0.3 is 6.09 Å². The molecule has 5 heteroatoms. The first kappa shape index (κ1) is 13.8. The standard InChI is InChI=1S/C14H21N3O2/c1-17(13-6-7-13)8-9-19-14(18)16-12-4-2-11(10-15)3-5-12/h2-5,13H,6-10,15H2,1H3,(H,16,18). The molecule has 5 nitrogen and oxygen atoms in total. The second kappa shape index (κ2) is 6.54. The predicted molar refractivity (Wildman–Crippen MR) is 75.0 cm³/mol. The Bertz CT molecular complexity index is 415. The van der Waals surface area contributed by atoms with Crippen molar-refractivity contribution in [2.24, 2.45) is 5.73 Å². The van der Waals surface area contributed by atoms with Gasteiger partial charge in [-0.1, -0.05) is 12.1 Å². The molecule has 0 aromatic heterocycles. The largest absolute Gasteiger partial charge is 0.448 e. The Morgan fingerprint density at radius 2 is 2.11 bits per heavy atom. The van der Waals surface area contributed by atoms with Crippen LogP contribution >= 0.6 is 0 Å². The fraction of sp³-hybridized carbons (Fsp3) is 0.500. The van der Waals surface area contributed by atoms with E-state index in [1.807, 2.05) is 24.3 Å². The van der Waals surface area contributed by atoms with Crippen LogP contribution in [-0.2, 0) is 11.3 Å². The maximum absolute atomic E-state index is 11.6. The highest BCUT2D eigenvalue weighted by Crippen LogP contribution is 2.24. The topological polar surface area (TPSA) is 67.6 Å². The van der Waals surface area contributed by atoms with Gasteiger partial charge < -0.3 is 15.4 Å². The van der Waals surface area contributed by atoms with Gasteiger partial charge in [0.15, 0.2) is 0 Å². The number of nitrogens with two attached hydrogens (primary N) is 1. The van der Waals surface area contributed by atoms with Crippen LogP contribution in [0.3, 0.4) is 0 Å². The van der Waals surface area contributed by atoms with E-state index in [9.17, 15) is 4.79 Å². The molecule has 1 saturated carbocycles. The van der Waals surface area contributed by atoms with Crippen LogP contribution < -0.4 is 11.1 Å². The van der Waals surface area contributed by atoms with Crippen LogP contribution in [0.1, 0.15) is 18.4 Å². The third-order valence-corrected chi connectivity index (χ3v) is 3.28. The number of carbonyl (C=O) groups is 1. The Hall–Kier alpha value is -1.59. The average molecular weight is 263 g/mol. The number of hydrogen-bond donors (Lipinski definition) is 2. The van der Waals surface area contributed by atoms with Crippen molar-refractivity contribution in [3.63, 3.8) is 0 Å². The molecule has 0 atom stereocenters. The molecule has 0 unspecified atom stereocenters. The van der Waals surface area contributed by atoms with Crippen LogP contribution in [0.2, 0.25) is 0 Å². The highest BCUT2D eigenvalue weighted by Gasteiger charge is 2.25. The van der Waals surface area contributed by atoms with Gasteiger partial charge in [0.25, 0.3) is 0 Å². The van der Waals surface area contributed by atoms with Crippen LogP contribution in [-0.4, -0.2) is 37.2 Å². The quantitative estimate of drug-likeness (QED) is 0.821. The van der Waals surface area contributed by atoms with Crippen LogP contribution in [0.4, 0.5) is 10.5 Å². The molecule has 3 N–H and O–H groups in total. The van der Waals surface area contributed by atoms with E-state index in [2.05, 4.69) is 17.3 Å². The van der Waals surface area contributed by atoms with E-state index >= 15 is 0 Å². The number of likely N-dealkylation sites (N-methyl/N-ethyl adjacent to an activating group) is 1. The number of benzene rings is 1. The fourth-order valence-corrected chi connectivity index (χ4v) is 1.86. The SMILES string of the molecule is CN(CCOC(=O)Nc1ccc(CN)cc1)C1CC1. The lowest BCUT2D eigenvalue weighted by atomic mass is 10.2. The van der Waals surface area contributed by atoms with Crippen LogP contribution in [0.25, 0.3) is 0 Å². The van der Waals surface area contributed by atoms with E-state index in [-0.39, 0.29) is 0 Å². The van der Waals surface area contributed by atoms with E-state index in [0.29, 0.717) is 19.2 Å². The number of ether oxygens (including phenoxy) is 1. The molecule has 1 amide bonds. The fourth-order valence-electron chi connectivity index (χ4n) is 1.86. The van der Waals surface area contributed by atoms with E-state index in [4.69, 9.17) is 10.5 Å². The first-order valence-electron chi connectivity index (χ1n) is 6.62. The van der Waals surface area contributed by atoms with Crippen LogP contribution in [0, 0.1) is 0 Å². The van der Waals surface area contributed by atoms with Gasteiger partial charge in [-0.3, -0.25) is 5.32 Å². The number of carbonyl (C=O) groups excluding carboxylic acids is 1. The van der Waals surface area contributed by atoms with Gasteiger partial charge in [-0.05, 0) is 37.6 Å². The third kappa shape index (κ3) is 4.54. The molecular formula is C14H21N3O2. The van der Waals surface area contributed by atoms with Gasteiger partial charge in [-0.15, -0.1) is 0 Å². The summed E-state index contributed by atoms with van der Waals surface area (Å²) in [5.74, 6) is 0. The Labute approximate surface area is 113 Å². The molecule has 19 heavy (non-hydrogen) atoms. The summed E-state index contributed by atoms with van der Waals surface area (Å²) in [6.45, 7) is 1.70. The minimum atomic E-state index is -0.412. The monoisotopic (exact) mass is 263 g/mol. The number of amides is 1. The molecule has 1 aromatic rings. The molecular weight excluding hydrogens is 242 g/mol. The Balaban J connectivity index is 1.67. The number of rotatable bonds is 6. The zero-order chi connectivity index (χ0) is 13.7. The summed E-state index contributed by atoms with van der Waals surface area (Å²) in [6.07, 6.45) is 2.11. The first-order valence-corrected chi connectivity index (χ1v) is 6.62. The molecule has 1 aliphatic carbocycles. The zero-order valence-corrected chi connectivity index (χ0v) is 11.3. The van der Waals surface area contributed by atoms with Gasteiger partial charge in [-0.2, -0.15) is 0 Å². The summed E-state index contributed by atoms with van der Waals surface area (Å²) in [5.41, 5.74) is 7.26. The number of hydrogen-bond acceptors (Lipinski definition) is 4. The van der Waals surface area contributed by atoms with E-state index in [0.717, 1.165) is 17.8 Å². The van der Waals surface area contributed by atoms with Gasteiger partial charge in [0.05, 0.1) is 0 Å². The van der Waals surface area contributed by atoms with Crippen molar-refractivity contribution in [3.05, 3.63) is 29.8 Å². The summed E-state index contributed by atoms with van der Waals surface area (Å²) >= 11 is 0. The molecule has 0 heterocycles. The van der Waals surface area contributed by atoms with E-state index < -0.39 is 6.09 Å². The molecule has 0 saturated heterocycles. The number of nitrogens with one attached hydrogen (secondary N) is 1. The summed E-state index contributed by atoms with van der Waals surface area (Å²) < 4.78 is 5.13. The van der Waals surface area contributed by atoms with Crippen molar-refractivity contribution in [1.29, 1.82) is 0 Å². The van der Waals surface area contributed by atoms with Crippen molar-refractivity contribution in [3.8, 4) is 0 Å². The maximum Gasteiger partial charge on any atom is 0.411 e. The molecule has 0 radical (unpaired) electrons. The van der Waals surface area contributed by atoms with Gasteiger partial charge in [0.2, 0.25) is 0 Å². The van der Waals surface area contributed by atoms with Gasteiger partial charge in [0, 0.05) is 24.8 Å². The number of nitrogens with zero attached hydrogens (tertiary/aromatic N) is 1. The van der Waals surface area contributed by atoms with Gasteiger partial charge in [0.1, 0.15) is 6.61 Å². The van der Waals surface area contributed by atoms with E-state index in [1.165, 1.54) is 12.8 Å². The molecule has 0 aliphatic heterocycles. The first-order chi connectivity index (χ1) is 9.19. The van der Waals surface area contributed by atoms with Crippen LogP contribution in [0.15, 0.2) is 24.3 Å².